The van der Waals surface area contributed by atoms with Gasteiger partial charge in [0.1, 0.15) is 6.04 Å². The topological polar surface area (TPSA) is 63.3 Å². The van der Waals surface area contributed by atoms with Crippen molar-refractivity contribution in [3.05, 3.63) is 0 Å². The lowest BCUT2D eigenvalue weighted by molar-refractivity contribution is -0.139. The van der Waals surface area contributed by atoms with E-state index >= 15 is 0 Å². The predicted octanol–water partition coefficient (Wildman–Crippen LogP) is 2.87. The number of aliphatic carboxylic acids is 1. The first-order valence-electron chi connectivity index (χ1n) is 5.62. The quantitative estimate of drug-likeness (QED) is 0.469. The highest BCUT2D eigenvalue weighted by Crippen LogP contribution is 2.25. The van der Waals surface area contributed by atoms with Crippen LogP contribution in [0, 0.1) is 0 Å². The molecule has 16 heavy (non-hydrogen) atoms. The molecule has 0 aromatic carbocycles. The molecule has 0 amide bonds. The van der Waals surface area contributed by atoms with E-state index in [-0.39, 0.29) is 12.4 Å². The smallest absolute Gasteiger partial charge is 0.321 e. The van der Waals surface area contributed by atoms with Gasteiger partial charge in [-0.25, -0.2) is 0 Å². The third kappa shape index (κ3) is 7.36. The molecular formula is C11H24ClNO2S. The number of nitrogens with two attached hydrogens (primary N) is 1. The summed E-state index contributed by atoms with van der Waals surface area (Å²) in [5.41, 5.74) is 5.56. The Morgan fingerprint density at radius 3 is 2.31 bits per heavy atom. The van der Waals surface area contributed by atoms with Gasteiger partial charge in [-0.2, -0.15) is 12.6 Å². The normalized spacial score (nSPS) is 16.0. The second kappa shape index (κ2) is 9.14. The Balaban J connectivity index is 0. The first kappa shape index (κ1) is 18.4. The van der Waals surface area contributed by atoms with Gasteiger partial charge in [-0.15, -0.1) is 12.4 Å². The highest BCUT2D eigenvalue weighted by Gasteiger charge is 2.32. The maximum absolute atomic E-state index is 10.7. The molecule has 0 heterocycles. The van der Waals surface area contributed by atoms with Crippen molar-refractivity contribution in [2.24, 2.45) is 5.73 Å². The molecule has 98 valence electrons. The fourth-order valence-electron chi connectivity index (χ4n) is 1.51. The van der Waals surface area contributed by atoms with Crippen molar-refractivity contribution in [3.63, 3.8) is 0 Å². The maximum atomic E-state index is 10.7. The van der Waals surface area contributed by atoms with Crippen molar-refractivity contribution in [1.82, 2.24) is 0 Å². The van der Waals surface area contributed by atoms with Crippen molar-refractivity contribution in [2.45, 2.75) is 63.2 Å². The van der Waals surface area contributed by atoms with Gasteiger partial charge in [0.15, 0.2) is 0 Å². The van der Waals surface area contributed by atoms with E-state index in [1.165, 1.54) is 19.3 Å². The minimum Gasteiger partial charge on any atom is -0.480 e. The summed E-state index contributed by atoms with van der Waals surface area (Å²) in [5, 5.41) is 8.78. The Hall–Kier alpha value is 0.0700. The van der Waals surface area contributed by atoms with Crippen LogP contribution in [0.2, 0.25) is 0 Å². The zero-order chi connectivity index (χ0) is 11.9. The molecule has 0 fully saturated rings. The van der Waals surface area contributed by atoms with Gasteiger partial charge in [-0.1, -0.05) is 39.0 Å². The molecule has 2 atom stereocenters. The van der Waals surface area contributed by atoms with Crippen LogP contribution in [-0.4, -0.2) is 21.9 Å². The van der Waals surface area contributed by atoms with Crippen LogP contribution >= 0.6 is 25.0 Å². The molecule has 0 rings (SSSR count). The number of thiol groups is 1. The molecule has 0 aliphatic rings. The third-order valence-corrected chi connectivity index (χ3v) is 3.22. The number of carbonyl (C=O) groups is 1. The standard InChI is InChI=1S/C11H23NO2S.ClH/c1-3-4-5-6-7-8-11(2,15)9(12)10(13)14;/h9,15H,3-8,12H2,1-2H3,(H,13,14);1H. The van der Waals surface area contributed by atoms with Crippen LogP contribution in [0.25, 0.3) is 0 Å². The van der Waals surface area contributed by atoms with Crippen LogP contribution in [0.15, 0.2) is 0 Å². The van der Waals surface area contributed by atoms with Gasteiger partial charge in [0, 0.05) is 4.75 Å². The highest BCUT2D eigenvalue weighted by molar-refractivity contribution is 7.81. The monoisotopic (exact) mass is 269 g/mol. The van der Waals surface area contributed by atoms with Crippen LogP contribution in [0.1, 0.15) is 52.4 Å². The molecule has 0 saturated heterocycles. The largest absolute Gasteiger partial charge is 0.480 e. The van der Waals surface area contributed by atoms with E-state index < -0.39 is 16.8 Å². The molecule has 0 aliphatic carbocycles. The summed E-state index contributed by atoms with van der Waals surface area (Å²) in [6.45, 7) is 3.97. The van der Waals surface area contributed by atoms with Crippen LogP contribution in [0.5, 0.6) is 0 Å². The van der Waals surface area contributed by atoms with E-state index in [1.54, 1.807) is 6.92 Å². The molecule has 0 aromatic rings. The van der Waals surface area contributed by atoms with Crippen LogP contribution < -0.4 is 5.73 Å². The zero-order valence-corrected chi connectivity index (χ0v) is 11.8. The third-order valence-electron chi connectivity index (χ3n) is 2.72. The van der Waals surface area contributed by atoms with E-state index in [0.29, 0.717) is 0 Å². The molecule has 0 aromatic heterocycles. The molecule has 2 unspecified atom stereocenters. The minimum atomic E-state index is -0.971. The molecule has 0 radical (unpaired) electrons. The van der Waals surface area contributed by atoms with Gasteiger partial charge in [0.2, 0.25) is 0 Å². The highest BCUT2D eigenvalue weighted by atomic mass is 35.5. The molecule has 0 aliphatic heterocycles. The van der Waals surface area contributed by atoms with E-state index in [9.17, 15) is 4.79 Å². The average molecular weight is 270 g/mol. The number of carboxylic acids is 1. The van der Waals surface area contributed by atoms with E-state index in [4.69, 9.17) is 10.8 Å². The van der Waals surface area contributed by atoms with Crippen molar-refractivity contribution in [3.8, 4) is 0 Å². The zero-order valence-electron chi connectivity index (χ0n) is 10.1. The fraction of sp³-hybridized carbons (Fsp3) is 0.909. The summed E-state index contributed by atoms with van der Waals surface area (Å²) in [6.07, 6.45) is 6.56. The molecule has 0 bridgehead atoms. The van der Waals surface area contributed by atoms with Gasteiger partial charge in [-0.05, 0) is 13.3 Å². The number of hydrogen-bond acceptors (Lipinski definition) is 3. The molecule has 3 nitrogen and oxygen atoms in total. The van der Waals surface area contributed by atoms with Crippen molar-refractivity contribution in [1.29, 1.82) is 0 Å². The lowest BCUT2D eigenvalue weighted by Crippen LogP contribution is -2.47. The first-order valence-corrected chi connectivity index (χ1v) is 6.07. The Labute approximate surface area is 110 Å². The van der Waals surface area contributed by atoms with Crippen LogP contribution in [0.4, 0.5) is 0 Å². The Bertz CT molecular complexity index is 200. The SMILES string of the molecule is CCCCCCCC(C)(S)C(N)C(=O)O.Cl. The summed E-state index contributed by atoms with van der Waals surface area (Å²) in [4.78, 5) is 10.7. The molecule has 5 heteroatoms. The Morgan fingerprint density at radius 1 is 1.38 bits per heavy atom. The van der Waals surface area contributed by atoms with Gasteiger partial charge < -0.3 is 10.8 Å². The lowest BCUT2D eigenvalue weighted by atomic mass is 9.94. The number of hydrogen-bond donors (Lipinski definition) is 3. The fourth-order valence-corrected chi connectivity index (χ4v) is 1.78. The van der Waals surface area contributed by atoms with E-state index in [1.807, 2.05) is 0 Å². The van der Waals surface area contributed by atoms with Crippen molar-refractivity contribution >= 4 is 31.0 Å². The number of rotatable bonds is 8. The number of carboxylic acid groups (broad SMARTS) is 1. The van der Waals surface area contributed by atoms with Gasteiger partial charge in [-0.3, -0.25) is 4.79 Å². The Kier molecular flexibility index (Phi) is 10.5. The minimum absolute atomic E-state index is 0. The lowest BCUT2D eigenvalue weighted by Gasteiger charge is -2.27. The Morgan fingerprint density at radius 2 is 1.88 bits per heavy atom. The molecule has 0 saturated carbocycles. The van der Waals surface area contributed by atoms with E-state index in [0.717, 1.165) is 19.3 Å². The first-order chi connectivity index (χ1) is 6.91. The number of unbranched alkanes of at least 4 members (excludes halogenated alkanes) is 4. The second-order valence-corrected chi connectivity index (χ2v) is 5.36. The molecular weight excluding hydrogens is 246 g/mol. The van der Waals surface area contributed by atoms with Crippen molar-refractivity contribution in [2.75, 3.05) is 0 Å². The number of halogens is 1. The maximum Gasteiger partial charge on any atom is 0.321 e. The van der Waals surface area contributed by atoms with Crippen molar-refractivity contribution < 1.29 is 9.90 Å². The summed E-state index contributed by atoms with van der Waals surface area (Å²) < 4.78 is -0.599. The van der Waals surface area contributed by atoms with Gasteiger partial charge >= 0.3 is 5.97 Å². The summed E-state index contributed by atoms with van der Waals surface area (Å²) in [5.74, 6) is -0.971. The summed E-state index contributed by atoms with van der Waals surface area (Å²) >= 11 is 4.34. The van der Waals surface area contributed by atoms with E-state index in [2.05, 4.69) is 19.6 Å². The van der Waals surface area contributed by atoms with Gasteiger partial charge in [0.25, 0.3) is 0 Å². The molecule has 3 N–H and O–H groups in total. The summed E-state index contributed by atoms with van der Waals surface area (Å²) in [7, 11) is 0. The average Bonchev–Trinajstić information content (AvgIpc) is 2.16. The second-order valence-electron chi connectivity index (χ2n) is 4.34. The molecule has 0 spiro atoms. The summed E-state index contributed by atoms with van der Waals surface area (Å²) in [6, 6.07) is -0.882. The van der Waals surface area contributed by atoms with Gasteiger partial charge in [0.05, 0.1) is 0 Å². The predicted molar refractivity (Wildman–Crippen MR) is 73.6 cm³/mol. The van der Waals surface area contributed by atoms with Crippen LogP contribution in [-0.2, 0) is 4.79 Å². The van der Waals surface area contributed by atoms with Crippen LogP contribution in [0.3, 0.4) is 0 Å².